The van der Waals surface area contributed by atoms with Gasteiger partial charge in [0, 0.05) is 11.7 Å². The van der Waals surface area contributed by atoms with Gasteiger partial charge in [-0.25, -0.2) is 4.79 Å². The van der Waals surface area contributed by atoms with Crippen LogP contribution in [0.15, 0.2) is 30.3 Å². The normalized spacial score (nSPS) is 17.8. The van der Waals surface area contributed by atoms with E-state index >= 15 is 0 Å². The van der Waals surface area contributed by atoms with Crippen LogP contribution in [0.5, 0.6) is 0 Å². The van der Waals surface area contributed by atoms with Crippen molar-refractivity contribution in [2.24, 2.45) is 0 Å². The van der Waals surface area contributed by atoms with Gasteiger partial charge in [-0.15, -0.1) is 0 Å². The fourth-order valence-corrected chi connectivity index (χ4v) is 2.93. The molecule has 0 bridgehead atoms. The van der Waals surface area contributed by atoms with E-state index in [0.29, 0.717) is 12.8 Å². The molecule has 0 saturated heterocycles. The predicted molar refractivity (Wildman–Crippen MR) is 92.3 cm³/mol. The highest BCUT2D eigenvalue weighted by molar-refractivity contribution is 5.96. The summed E-state index contributed by atoms with van der Waals surface area (Å²) in [5, 5.41) is 8.78. The number of nitrogens with one attached hydrogen (secondary N) is 3. The van der Waals surface area contributed by atoms with Gasteiger partial charge in [0.15, 0.2) is 0 Å². The third-order valence-electron chi connectivity index (χ3n) is 4.52. The Kier molecular flexibility index (Phi) is 6.02. The fraction of sp³-hybridized carbons (Fsp3) is 0.556. The van der Waals surface area contributed by atoms with Crippen molar-refractivity contribution >= 4 is 17.6 Å². The van der Waals surface area contributed by atoms with Crippen LogP contribution in [0.3, 0.4) is 0 Å². The second kappa shape index (κ2) is 7.99. The van der Waals surface area contributed by atoms with Gasteiger partial charge in [0.25, 0.3) is 0 Å². The van der Waals surface area contributed by atoms with Crippen LogP contribution in [-0.4, -0.2) is 23.5 Å². The minimum absolute atomic E-state index is 0.0604. The Morgan fingerprint density at radius 2 is 1.78 bits per heavy atom. The van der Waals surface area contributed by atoms with Gasteiger partial charge in [-0.1, -0.05) is 44.4 Å². The van der Waals surface area contributed by atoms with Crippen molar-refractivity contribution in [2.45, 2.75) is 64.0 Å². The van der Waals surface area contributed by atoms with Gasteiger partial charge in [-0.2, -0.15) is 0 Å². The Balaban J connectivity index is 2.05. The van der Waals surface area contributed by atoms with Gasteiger partial charge in [-0.05, 0) is 38.3 Å². The molecule has 0 heterocycles. The van der Waals surface area contributed by atoms with E-state index in [9.17, 15) is 9.59 Å². The molecule has 2 rings (SSSR count). The number of anilines is 1. The molecule has 1 aromatic rings. The van der Waals surface area contributed by atoms with E-state index in [0.717, 1.165) is 31.4 Å². The van der Waals surface area contributed by atoms with E-state index in [1.165, 1.54) is 0 Å². The Morgan fingerprint density at radius 1 is 1.13 bits per heavy atom. The summed E-state index contributed by atoms with van der Waals surface area (Å²) in [6.07, 6.45) is 5.28. The molecule has 1 aliphatic rings. The molecular weight excluding hydrogens is 290 g/mol. The molecule has 0 aliphatic heterocycles. The zero-order chi connectivity index (χ0) is 16.7. The first kappa shape index (κ1) is 17.3. The zero-order valence-electron chi connectivity index (χ0n) is 14.0. The summed E-state index contributed by atoms with van der Waals surface area (Å²) in [6.45, 7) is 4.02. The Hall–Kier alpha value is -2.04. The minimum Gasteiger partial charge on any atom is -0.352 e. The van der Waals surface area contributed by atoms with Crippen LogP contribution in [0, 0.1) is 0 Å². The lowest BCUT2D eigenvalue weighted by Gasteiger charge is -2.37. The number of urea groups is 1. The van der Waals surface area contributed by atoms with Crippen LogP contribution in [0.1, 0.15) is 52.4 Å². The third-order valence-corrected chi connectivity index (χ3v) is 4.52. The molecule has 23 heavy (non-hydrogen) atoms. The quantitative estimate of drug-likeness (QED) is 0.778. The Bertz CT molecular complexity index is 524. The average molecular weight is 317 g/mol. The average Bonchev–Trinajstić information content (AvgIpc) is 2.56. The molecule has 1 fully saturated rings. The molecule has 0 unspecified atom stereocenters. The van der Waals surface area contributed by atoms with E-state index in [4.69, 9.17) is 0 Å². The maximum Gasteiger partial charge on any atom is 0.320 e. The molecule has 0 aromatic heterocycles. The predicted octanol–water partition coefficient (Wildman–Crippen LogP) is 3.43. The monoisotopic (exact) mass is 317 g/mol. The van der Waals surface area contributed by atoms with Crippen molar-refractivity contribution in [1.29, 1.82) is 0 Å². The molecular formula is C18H27N3O2. The SMILES string of the molecule is CC[C@H](C)NC(=O)C1(NC(=O)Nc2ccccc2)CCCCC1. The van der Waals surface area contributed by atoms with Crippen LogP contribution in [0.4, 0.5) is 10.5 Å². The van der Waals surface area contributed by atoms with Crippen molar-refractivity contribution in [3.63, 3.8) is 0 Å². The van der Waals surface area contributed by atoms with E-state index in [2.05, 4.69) is 16.0 Å². The molecule has 5 nitrogen and oxygen atoms in total. The Morgan fingerprint density at radius 3 is 2.39 bits per heavy atom. The standard InChI is InChI=1S/C18H27N3O2/c1-3-14(2)19-16(22)18(12-8-5-9-13-18)21-17(23)20-15-10-6-4-7-11-15/h4,6-7,10-11,14H,3,5,8-9,12-13H2,1-2H3,(H,19,22)(H2,20,21,23)/t14-/m0/s1. The molecule has 1 aliphatic carbocycles. The van der Waals surface area contributed by atoms with Crippen LogP contribution < -0.4 is 16.0 Å². The summed E-state index contributed by atoms with van der Waals surface area (Å²) in [6, 6.07) is 9.06. The molecule has 1 atom stereocenters. The number of rotatable bonds is 5. The number of para-hydroxylation sites is 1. The molecule has 0 radical (unpaired) electrons. The van der Waals surface area contributed by atoms with Gasteiger partial charge in [0.05, 0.1) is 0 Å². The number of carbonyl (C=O) groups excluding carboxylic acids is 2. The van der Waals surface area contributed by atoms with Crippen molar-refractivity contribution in [1.82, 2.24) is 10.6 Å². The lowest BCUT2D eigenvalue weighted by molar-refractivity contribution is -0.129. The number of hydrogen-bond acceptors (Lipinski definition) is 2. The van der Waals surface area contributed by atoms with Crippen LogP contribution in [0.2, 0.25) is 0 Å². The van der Waals surface area contributed by atoms with Crippen molar-refractivity contribution in [3.8, 4) is 0 Å². The lowest BCUT2D eigenvalue weighted by atomic mass is 9.80. The molecule has 5 heteroatoms. The minimum atomic E-state index is -0.791. The van der Waals surface area contributed by atoms with E-state index in [1.54, 1.807) is 0 Å². The highest BCUT2D eigenvalue weighted by Gasteiger charge is 2.41. The summed E-state index contributed by atoms with van der Waals surface area (Å²) in [5.41, 5.74) is -0.0705. The second-order valence-corrected chi connectivity index (χ2v) is 6.37. The summed E-state index contributed by atoms with van der Waals surface area (Å²) in [5.74, 6) is -0.0604. The highest BCUT2D eigenvalue weighted by Crippen LogP contribution is 2.29. The summed E-state index contributed by atoms with van der Waals surface area (Å²) < 4.78 is 0. The second-order valence-electron chi connectivity index (χ2n) is 6.37. The fourth-order valence-electron chi connectivity index (χ4n) is 2.93. The van der Waals surface area contributed by atoms with Gasteiger partial charge in [0.1, 0.15) is 5.54 Å². The highest BCUT2D eigenvalue weighted by atomic mass is 16.2. The molecule has 3 N–H and O–H groups in total. The molecule has 1 aromatic carbocycles. The van der Waals surface area contributed by atoms with Gasteiger partial charge < -0.3 is 16.0 Å². The third kappa shape index (κ3) is 4.71. The zero-order valence-corrected chi connectivity index (χ0v) is 14.0. The van der Waals surface area contributed by atoms with Crippen molar-refractivity contribution < 1.29 is 9.59 Å². The number of hydrogen-bond donors (Lipinski definition) is 3. The lowest BCUT2D eigenvalue weighted by Crippen LogP contribution is -2.61. The topological polar surface area (TPSA) is 70.2 Å². The van der Waals surface area contributed by atoms with Crippen molar-refractivity contribution in [2.75, 3.05) is 5.32 Å². The van der Waals surface area contributed by atoms with Gasteiger partial charge in [-0.3, -0.25) is 4.79 Å². The first-order valence-corrected chi connectivity index (χ1v) is 8.51. The Labute approximate surface area is 138 Å². The van der Waals surface area contributed by atoms with E-state index < -0.39 is 5.54 Å². The van der Waals surface area contributed by atoms with Gasteiger partial charge in [0.2, 0.25) is 5.91 Å². The summed E-state index contributed by atoms with van der Waals surface area (Å²) in [7, 11) is 0. The van der Waals surface area contributed by atoms with Crippen LogP contribution >= 0.6 is 0 Å². The maximum absolute atomic E-state index is 12.7. The first-order valence-electron chi connectivity index (χ1n) is 8.51. The van der Waals surface area contributed by atoms with E-state index in [1.807, 2.05) is 44.2 Å². The number of amides is 3. The van der Waals surface area contributed by atoms with Crippen LogP contribution in [-0.2, 0) is 4.79 Å². The number of carbonyl (C=O) groups is 2. The molecule has 0 spiro atoms. The number of benzene rings is 1. The van der Waals surface area contributed by atoms with Crippen molar-refractivity contribution in [3.05, 3.63) is 30.3 Å². The maximum atomic E-state index is 12.7. The van der Waals surface area contributed by atoms with Gasteiger partial charge >= 0.3 is 6.03 Å². The largest absolute Gasteiger partial charge is 0.352 e. The summed E-state index contributed by atoms with van der Waals surface area (Å²) >= 11 is 0. The smallest absolute Gasteiger partial charge is 0.320 e. The van der Waals surface area contributed by atoms with Crippen LogP contribution in [0.25, 0.3) is 0 Å². The first-order chi connectivity index (χ1) is 11.1. The van der Waals surface area contributed by atoms with E-state index in [-0.39, 0.29) is 18.0 Å². The molecule has 3 amide bonds. The molecule has 1 saturated carbocycles. The molecule has 126 valence electrons. The summed E-state index contributed by atoms with van der Waals surface area (Å²) in [4.78, 5) is 25.1.